The number of aromatic nitrogens is 2. The minimum absolute atomic E-state index is 0.00848. The number of amides is 1. The van der Waals surface area contributed by atoms with Crippen LogP contribution in [0.15, 0.2) is 53.8 Å². The highest BCUT2D eigenvalue weighted by atomic mass is 35.5. The molecule has 1 atom stereocenters. The Morgan fingerprint density at radius 3 is 2.65 bits per heavy atom. The molecule has 5 rings (SSSR count). The molecule has 0 radical (unpaired) electrons. The molecule has 194 valence electrons. The van der Waals surface area contributed by atoms with E-state index in [4.69, 9.17) is 11.6 Å². The van der Waals surface area contributed by atoms with Crippen LogP contribution in [0.3, 0.4) is 0 Å². The number of nitrogens with zero attached hydrogens (tertiary/aromatic N) is 4. The highest BCUT2D eigenvalue weighted by Gasteiger charge is 2.35. The monoisotopic (exact) mass is 547 g/mol. The Balaban J connectivity index is 1.24. The normalized spacial score (nSPS) is 22.1. The van der Waals surface area contributed by atoms with Crippen molar-refractivity contribution in [2.24, 2.45) is 4.99 Å². The molecule has 0 spiro atoms. The van der Waals surface area contributed by atoms with E-state index >= 15 is 0 Å². The number of aliphatic imine (C=N–C) groups is 1. The molecule has 1 N–H and O–H groups in total. The Hall–Kier alpha value is -2.85. The highest BCUT2D eigenvalue weighted by molar-refractivity contribution is 8.14. The number of fused-ring (bicyclic) bond motifs is 1. The van der Waals surface area contributed by atoms with Crippen molar-refractivity contribution in [1.29, 1.82) is 0 Å². The molecule has 11 heteroatoms. The number of halogens is 4. The van der Waals surface area contributed by atoms with E-state index in [0.717, 1.165) is 42.4 Å². The molecule has 3 heterocycles. The minimum atomic E-state index is -4.55. The molecule has 3 aromatic rings. The number of rotatable bonds is 5. The summed E-state index contributed by atoms with van der Waals surface area (Å²) in [5.41, 5.74) is 0.686. The lowest BCUT2D eigenvalue weighted by Crippen LogP contribution is -2.45. The van der Waals surface area contributed by atoms with Gasteiger partial charge in [0, 0.05) is 58.9 Å². The summed E-state index contributed by atoms with van der Waals surface area (Å²) >= 11 is 7.70. The van der Waals surface area contributed by atoms with Crippen molar-refractivity contribution in [3.05, 3.63) is 65.1 Å². The second-order valence-corrected chi connectivity index (χ2v) is 10.8. The predicted molar refractivity (Wildman–Crippen MR) is 141 cm³/mol. The summed E-state index contributed by atoms with van der Waals surface area (Å²) in [6.45, 7) is 0. The first kappa shape index (κ1) is 25.8. The Kier molecular flexibility index (Phi) is 7.31. The van der Waals surface area contributed by atoms with Crippen molar-refractivity contribution < 1.29 is 18.0 Å². The summed E-state index contributed by atoms with van der Waals surface area (Å²) in [6, 6.07) is 9.17. The van der Waals surface area contributed by atoms with Gasteiger partial charge in [0.25, 0.3) is 0 Å². The Morgan fingerprint density at radius 2 is 1.95 bits per heavy atom. The predicted octanol–water partition coefficient (Wildman–Crippen LogP) is 5.73. The van der Waals surface area contributed by atoms with Crippen LogP contribution in [0.1, 0.15) is 36.9 Å². The molecule has 0 saturated heterocycles. The fraction of sp³-hybridized carbons (Fsp3) is 0.385. The number of benzene rings is 1. The van der Waals surface area contributed by atoms with Gasteiger partial charge in [-0.25, -0.2) is 4.98 Å². The third kappa shape index (κ3) is 5.70. The number of anilines is 1. The average Bonchev–Trinajstić information content (AvgIpc) is 3.39. The zero-order chi connectivity index (χ0) is 26.2. The number of alkyl halides is 3. The van der Waals surface area contributed by atoms with Crippen LogP contribution in [0.25, 0.3) is 10.9 Å². The summed E-state index contributed by atoms with van der Waals surface area (Å²) in [7, 11) is 1.81. The molecule has 1 saturated carbocycles. The SMILES string of the molecule is CN(c1cc(C(F)(F)F)nc2ccc(Cl)cc12)[C@H]1CC[C@@H](NC(=O)C2CSC(c3cccnc3)=N2)CC1. The number of hydrogen-bond donors (Lipinski definition) is 1. The zero-order valence-corrected chi connectivity index (χ0v) is 21.6. The first-order chi connectivity index (χ1) is 17.7. The van der Waals surface area contributed by atoms with Crippen molar-refractivity contribution >= 4 is 50.9 Å². The van der Waals surface area contributed by atoms with Crippen LogP contribution in [0.2, 0.25) is 5.02 Å². The van der Waals surface area contributed by atoms with Gasteiger partial charge in [-0.1, -0.05) is 11.6 Å². The second-order valence-electron chi connectivity index (χ2n) is 9.31. The maximum atomic E-state index is 13.5. The van der Waals surface area contributed by atoms with E-state index in [1.807, 2.05) is 24.1 Å². The van der Waals surface area contributed by atoms with Gasteiger partial charge in [-0.15, -0.1) is 11.8 Å². The lowest BCUT2D eigenvalue weighted by Gasteiger charge is -2.37. The van der Waals surface area contributed by atoms with Crippen LogP contribution in [0.4, 0.5) is 18.9 Å². The molecular weight excluding hydrogens is 523 g/mol. The van der Waals surface area contributed by atoms with Crippen LogP contribution < -0.4 is 10.2 Å². The molecule has 1 aliphatic heterocycles. The lowest BCUT2D eigenvalue weighted by atomic mass is 9.89. The van der Waals surface area contributed by atoms with Gasteiger partial charge in [0.1, 0.15) is 16.8 Å². The number of carbonyl (C=O) groups is 1. The van der Waals surface area contributed by atoms with E-state index < -0.39 is 17.9 Å². The molecule has 1 aromatic carbocycles. The third-order valence-electron chi connectivity index (χ3n) is 6.87. The fourth-order valence-electron chi connectivity index (χ4n) is 4.87. The lowest BCUT2D eigenvalue weighted by molar-refractivity contribution is -0.140. The molecule has 0 bridgehead atoms. The van der Waals surface area contributed by atoms with Gasteiger partial charge in [-0.2, -0.15) is 13.2 Å². The summed E-state index contributed by atoms with van der Waals surface area (Å²) in [5.74, 6) is 0.501. The van der Waals surface area contributed by atoms with E-state index in [0.29, 0.717) is 21.8 Å². The van der Waals surface area contributed by atoms with Crippen LogP contribution >= 0.6 is 23.4 Å². The topological polar surface area (TPSA) is 70.5 Å². The van der Waals surface area contributed by atoms with Crippen LogP contribution in [-0.2, 0) is 11.0 Å². The molecule has 2 aromatic heterocycles. The highest BCUT2D eigenvalue weighted by Crippen LogP contribution is 2.37. The van der Waals surface area contributed by atoms with Gasteiger partial charge in [0.05, 0.1) is 5.52 Å². The average molecular weight is 548 g/mol. The van der Waals surface area contributed by atoms with E-state index in [2.05, 4.69) is 20.3 Å². The number of pyridine rings is 2. The molecule has 1 aliphatic carbocycles. The standard InChI is InChI=1S/C26H25ClF3N5OS/c1-35(22-12-23(26(28,29)30)33-20-9-4-16(27)11-19(20)22)18-7-5-17(6-8-18)32-24(36)21-14-37-25(34-21)15-3-2-10-31-13-15/h2-4,9-13,17-18,21H,5-8,14H2,1H3,(H,32,36)/t17-,18+,21?. The number of carbonyl (C=O) groups excluding carboxylic acids is 1. The minimum Gasteiger partial charge on any atom is -0.371 e. The maximum Gasteiger partial charge on any atom is 0.433 e. The number of nitrogens with one attached hydrogen (secondary N) is 1. The van der Waals surface area contributed by atoms with Gasteiger partial charge < -0.3 is 10.2 Å². The fourth-order valence-corrected chi connectivity index (χ4v) is 6.08. The summed E-state index contributed by atoms with van der Waals surface area (Å²) < 4.78 is 40.6. The van der Waals surface area contributed by atoms with Gasteiger partial charge in [-0.05, 0) is 62.1 Å². The summed E-state index contributed by atoms with van der Waals surface area (Å²) in [4.78, 5) is 27.2. The maximum absolute atomic E-state index is 13.5. The summed E-state index contributed by atoms with van der Waals surface area (Å²) in [6.07, 6.45) is 1.81. The number of thioether (sulfide) groups is 1. The van der Waals surface area contributed by atoms with Gasteiger partial charge in [-0.3, -0.25) is 14.8 Å². The Bertz CT molecular complexity index is 1330. The largest absolute Gasteiger partial charge is 0.433 e. The molecule has 1 amide bonds. The molecule has 37 heavy (non-hydrogen) atoms. The molecular formula is C26H25ClF3N5OS. The van der Waals surface area contributed by atoms with Crippen molar-refractivity contribution in [3.63, 3.8) is 0 Å². The Labute approximate surface area is 221 Å². The zero-order valence-electron chi connectivity index (χ0n) is 20.0. The molecule has 1 unspecified atom stereocenters. The molecule has 1 fully saturated rings. The van der Waals surface area contributed by atoms with Gasteiger partial charge in [0.15, 0.2) is 0 Å². The Morgan fingerprint density at radius 1 is 1.16 bits per heavy atom. The molecule has 2 aliphatic rings. The van der Waals surface area contributed by atoms with E-state index in [9.17, 15) is 18.0 Å². The van der Waals surface area contributed by atoms with Crippen LogP contribution in [0, 0.1) is 0 Å². The quantitative estimate of drug-likeness (QED) is 0.442. The van der Waals surface area contributed by atoms with Gasteiger partial charge >= 0.3 is 6.18 Å². The van der Waals surface area contributed by atoms with Gasteiger partial charge in [0.2, 0.25) is 5.91 Å². The smallest absolute Gasteiger partial charge is 0.371 e. The van der Waals surface area contributed by atoms with E-state index in [1.54, 1.807) is 36.3 Å². The van der Waals surface area contributed by atoms with Crippen LogP contribution in [0.5, 0.6) is 0 Å². The van der Waals surface area contributed by atoms with Crippen molar-refractivity contribution in [2.45, 2.75) is 50.0 Å². The van der Waals surface area contributed by atoms with E-state index in [-0.39, 0.29) is 23.5 Å². The van der Waals surface area contributed by atoms with Crippen molar-refractivity contribution in [2.75, 3.05) is 17.7 Å². The van der Waals surface area contributed by atoms with Crippen molar-refractivity contribution in [1.82, 2.24) is 15.3 Å². The van der Waals surface area contributed by atoms with E-state index in [1.165, 1.54) is 6.07 Å². The first-order valence-electron chi connectivity index (χ1n) is 12.0. The number of hydrogen-bond acceptors (Lipinski definition) is 6. The molecule has 6 nitrogen and oxygen atoms in total. The van der Waals surface area contributed by atoms with Crippen LogP contribution in [-0.4, -0.2) is 51.8 Å². The second kappa shape index (κ2) is 10.5. The first-order valence-corrected chi connectivity index (χ1v) is 13.4. The van der Waals surface area contributed by atoms with Crippen molar-refractivity contribution in [3.8, 4) is 0 Å². The summed E-state index contributed by atoms with van der Waals surface area (Å²) in [5, 5.41) is 4.97. The third-order valence-corrected chi connectivity index (χ3v) is 8.20.